The van der Waals surface area contributed by atoms with E-state index in [0.29, 0.717) is 6.54 Å². The lowest BCUT2D eigenvalue weighted by Crippen LogP contribution is -2.37. The first kappa shape index (κ1) is 11.1. The molecule has 1 amide bonds. The molecule has 1 rings (SSSR count). The van der Waals surface area contributed by atoms with Gasteiger partial charge in [-0.2, -0.15) is 0 Å². The highest BCUT2D eigenvalue weighted by Crippen LogP contribution is 2.15. The first-order chi connectivity index (χ1) is 6.50. The maximum atomic E-state index is 11.1. The summed E-state index contributed by atoms with van der Waals surface area (Å²) in [5.74, 6) is -0.143. The first-order valence-corrected chi connectivity index (χ1v) is 5.28. The quantitative estimate of drug-likeness (QED) is 0.777. The van der Waals surface area contributed by atoms with Crippen molar-refractivity contribution < 1.29 is 4.79 Å². The summed E-state index contributed by atoms with van der Waals surface area (Å²) in [5, 5.41) is 3.65. The molecule has 3 N–H and O–H groups in total. The third kappa shape index (κ3) is 2.78. The molecule has 5 heteroatoms. The SMILES string of the molecule is Cc1nc(CNC(=O)[C@H](C)N)sc1C. The molecule has 14 heavy (non-hydrogen) atoms. The molecule has 0 aliphatic rings. The van der Waals surface area contributed by atoms with Gasteiger partial charge in [0.1, 0.15) is 5.01 Å². The number of aryl methyl sites for hydroxylation is 2. The third-order valence-electron chi connectivity index (χ3n) is 1.90. The topological polar surface area (TPSA) is 68.0 Å². The number of hydrogen-bond donors (Lipinski definition) is 2. The molecule has 78 valence electrons. The number of nitrogens with zero attached hydrogens (tertiary/aromatic N) is 1. The first-order valence-electron chi connectivity index (χ1n) is 4.47. The van der Waals surface area contributed by atoms with Crippen LogP contribution in [0.3, 0.4) is 0 Å². The number of thiazole rings is 1. The summed E-state index contributed by atoms with van der Waals surface area (Å²) >= 11 is 1.60. The number of aromatic nitrogens is 1. The number of nitrogens with two attached hydrogens (primary N) is 1. The number of amides is 1. The van der Waals surface area contributed by atoms with E-state index in [9.17, 15) is 4.79 Å². The van der Waals surface area contributed by atoms with Gasteiger partial charge in [-0.25, -0.2) is 4.98 Å². The lowest BCUT2D eigenvalue weighted by atomic mass is 10.3. The molecule has 0 aromatic carbocycles. The summed E-state index contributed by atoms with van der Waals surface area (Å²) in [5.41, 5.74) is 6.43. The molecule has 0 unspecified atom stereocenters. The number of nitrogens with one attached hydrogen (secondary N) is 1. The van der Waals surface area contributed by atoms with Crippen LogP contribution in [0.2, 0.25) is 0 Å². The minimum atomic E-state index is -0.461. The van der Waals surface area contributed by atoms with Crippen molar-refractivity contribution in [2.45, 2.75) is 33.4 Å². The van der Waals surface area contributed by atoms with Gasteiger partial charge in [0.15, 0.2) is 0 Å². The summed E-state index contributed by atoms with van der Waals surface area (Å²) in [7, 11) is 0. The summed E-state index contributed by atoms with van der Waals surface area (Å²) in [6.45, 7) is 6.11. The fourth-order valence-electron chi connectivity index (χ4n) is 0.938. The fourth-order valence-corrected chi connectivity index (χ4v) is 1.81. The largest absolute Gasteiger partial charge is 0.348 e. The Kier molecular flexibility index (Phi) is 3.60. The molecular weight excluding hydrogens is 198 g/mol. The van der Waals surface area contributed by atoms with Crippen molar-refractivity contribution >= 4 is 17.2 Å². The zero-order valence-electron chi connectivity index (χ0n) is 8.63. The van der Waals surface area contributed by atoms with Gasteiger partial charge in [0, 0.05) is 4.88 Å². The Bertz CT molecular complexity index is 313. The second-order valence-electron chi connectivity index (χ2n) is 3.26. The Balaban J connectivity index is 2.50. The van der Waals surface area contributed by atoms with E-state index in [2.05, 4.69) is 10.3 Å². The van der Waals surface area contributed by atoms with Crippen LogP contribution in [-0.4, -0.2) is 16.9 Å². The molecule has 4 nitrogen and oxygen atoms in total. The molecule has 0 saturated carbocycles. The predicted molar refractivity (Wildman–Crippen MR) is 57.1 cm³/mol. The van der Waals surface area contributed by atoms with Gasteiger partial charge in [-0.05, 0) is 20.8 Å². The molecule has 0 spiro atoms. The Morgan fingerprint density at radius 2 is 2.29 bits per heavy atom. The van der Waals surface area contributed by atoms with Gasteiger partial charge in [-0.15, -0.1) is 11.3 Å². The highest BCUT2D eigenvalue weighted by Gasteiger charge is 2.08. The van der Waals surface area contributed by atoms with Gasteiger partial charge in [0.2, 0.25) is 5.91 Å². The lowest BCUT2D eigenvalue weighted by molar-refractivity contribution is -0.122. The van der Waals surface area contributed by atoms with Crippen molar-refractivity contribution in [3.8, 4) is 0 Å². The van der Waals surface area contributed by atoms with Crippen molar-refractivity contribution in [2.75, 3.05) is 0 Å². The Morgan fingerprint density at radius 1 is 1.64 bits per heavy atom. The average Bonchev–Trinajstić information content (AvgIpc) is 2.42. The van der Waals surface area contributed by atoms with E-state index in [1.165, 1.54) is 4.88 Å². The van der Waals surface area contributed by atoms with Crippen molar-refractivity contribution in [1.82, 2.24) is 10.3 Å². The number of carbonyl (C=O) groups is 1. The van der Waals surface area contributed by atoms with Crippen LogP contribution < -0.4 is 11.1 Å². The van der Waals surface area contributed by atoms with Gasteiger partial charge in [0.05, 0.1) is 18.3 Å². The maximum absolute atomic E-state index is 11.1. The van der Waals surface area contributed by atoms with Gasteiger partial charge >= 0.3 is 0 Å². The molecule has 0 fully saturated rings. The van der Waals surface area contributed by atoms with Gasteiger partial charge in [-0.3, -0.25) is 4.79 Å². The van der Waals surface area contributed by atoms with Gasteiger partial charge in [0.25, 0.3) is 0 Å². The van der Waals surface area contributed by atoms with Crippen molar-refractivity contribution in [1.29, 1.82) is 0 Å². The molecule has 0 aliphatic carbocycles. The Hall–Kier alpha value is -0.940. The van der Waals surface area contributed by atoms with Gasteiger partial charge in [-0.1, -0.05) is 0 Å². The van der Waals surface area contributed by atoms with E-state index in [-0.39, 0.29) is 5.91 Å². The molecule has 1 aromatic rings. The molecule has 0 saturated heterocycles. The molecule has 0 aliphatic heterocycles. The molecule has 1 heterocycles. The highest BCUT2D eigenvalue weighted by molar-refractivity contribution is 7.11. The second kappa shape index (κ2) is 4.52. The molecular formula is C9H15N3OS. The minimum absolute atomic E-state index is 0.143. The monoisotopic (exact) mass is 213 g/mol. The third-order valence-corrected chi connectivity index (χ3v) is 2.97. The van der Waals surface area contributed by atoms with E-state index in [1.54, 1.807) is 18.3 Å². The second-order valence-corrected chi connectivity index (χ2v) is 4.54. The van der Waals surface area contributed by atoms with Gasteiger partial charge < -0.3 is 11.1 Å². The average molecular weight is 213 g/mol. The zero-order valence-corrected chi connectivity index (χ0v) is 9.44. The van der Waals surface area contributed by atoms with Crippen LogP contribution in [-0.2, 0) is 11.3 Å². The summed E-state index contributed by atoms with van der Waals surface area (Å²) in [6, 6.07) is -0.461. The van der Waals surface area contributed by atoms with E-state index in [4.69, 9.17) is 5.73 Å². The van der Waals surface area contributed by atoms with Crippen molar-refractivity contribution in [3.05, 3.63) is 15.6 Å². The van der Waals surface area contributed by atoms with E-state index < -0.39 is 6.04 Å². The summed E-state index contributed by atoms with van der Waals surface area (Å²) in [6.07, 6.45) is 0. The van der Waals surface area contributed by atoms with Crippen LogP contribution in [0.25, 0.3) is 0 Å². The summed E-state index contributed by atoms with van der Waals surface area (Å²) < 4.78 is 0. The lowest BCUT2D eigenvalue weighted by Gasteiger charge is -2.04. The molecule has 1 aromatic heterocycles. The van der Waals surface area contributed by atoms with Crippen LogP contribution in [0.1, 0.15) is 22.5 Å². The predicted octanol–water partition coefficient (Wildman–Crippen LogP) is 0.723. The van der Waals surface area contributed by atoms with Crippen LogP contribution >= 0.6 is 11.3 Å². The van der Waals surface area contributed by atoms with Crippen molar-refractivity contribution in [3.63, 3.8) is 0 Å². The fraction of sp³-hybridized carbons (Fsp3) is 0.556. The smallest absolute Gasteiger partial charge is 0.236 e. The zero-order chi connectivity index (χ0) is 10.7. The maximum Gasteiger partial charge on any atom is 0.236 e. The molecule has 1 atom stereocenters. The van der Waals surface area contributed by atoms with E-state index in [1.807, 2.05) is 13.8 Å². The molecule has 0 bridgehead atoms. The van der Waals surface area contributed by atoms with Crippen molar-refractivity contribution in [2.24, 2.45) is 5.73 Å². The van der Waals surface area contributed by atoms with E-state index >= 15 is 0 Å². The standard InChI is InChI=1S/C9H15N3OS/c1-5(10)9(13)11-4-8-12-6(2)7(3)14-8/h5H,4,10H2,1-3H3,(H,11,13)/t5-/m0/s1. The number of rotatable bonds is 3. The number of hydrogen-bond acceptors (Lipinski definition) is 4. The summed E-state index contributed by atoms with van der Waals surface area (Å²) in [4.78, 5) is 16.6. The normalized spacial score (nSPS) is 12.6. The number of carbonyl (C=O) groups excluding carboxylic acids is 1. The Labute approximate surface area is 87.5 Å². The minimum Gasteiger partial charge on any atom is -0.348 e. The Morgan fingerprint density at radius 3 is 2.71 bits per heavy atom. The molecule has 0 radical (unpaired) electrons. The van der Waals surface area contributed by atoms with E-state index in [0.717, 1.165) is 10.7 Å². The highest BCUT2D eigenvalue weighted by atomic mass is 32.1. The van der Waals surface area contributed by atoms with Crippen LogP contribution in [0.4, 0.5) is 0 Å². The van der Waals surface area contributed by atoms with Crippen LogP contribution in [0.5, 0.6) is 0 Å². The van der Waals surface area contributed by atoms with Crippen LogP contribution in [0, 0.1) is 13.8 Å². The van der Waals surface area contributed by atoms with Crippen LogP contribution in [0.15, 0.2) is 0 Å².